The number of carbonyl (C=O) groups excluding carboxylic acids is 1. The number of hydrogen-bond donors (Lipinski definition) is 2. The van der Waals surface area contributed by atoms with E-state index >= 15 is 0 Å². The van der Waals surface area contributed by atoms with Crippen LogP contribution in [-0.2, 0) is 4.79 Å². The Morgan fingerprint density at radius 3 is 2.82 bits per heavy atom. The second kappa shape index (κ2) is 7.19. The van der Waals surface area contributed by atoms with Gasteiger partial charge in [-0.15, -0.1) is 0 Å². The molecule has 0 bridgehead atoms. The summed E-state index contributed by atoms with van der Waals surface area (Å²) < 4.78 is 0. The first-order chi connectivity index (χ1) is 10.6. The standard InChI is InChI=1S/C14H15N5O3/c15-9-11(14(20)18-6-4-16-5-7-18)10-17-12-2-1-3-13(8-12)19(21)22/h1-3,8,10,16-17H,4-7H2/b11-10-. The summed E-state index contributed by atoms with van der Waals surface area (Å²) in [5, 5.41) is 25.7. The van der Waals surface area contributed by atoms with Gasteiger partial charge >= 0.3 is 0 Å². The van der Waals surface area contributed by atoms with Crippen LogP contribution in [0.2, 0.25) is 0 Å². The van der Waals surface area contributed by atoms with E-state index in [9.17, 15) is 14.9 Å². The lowest BCUT2D eigenvalue weighted by molar-refractivity contribution is -0.384. The Bertz CT molecular complexity index is 644. The van der Waals surface area contributed by atoms with Crippen LogP contribution in [0.15, 0.2) is 36.0 Å². The molecule has 1 saturated heterocycles. The number of nitriles is 1. The number of non-ortho nitro benzene ring substituents is 1. The van der Waals surface area contributed by atoms with Crippen molar-refractivity contribution in [2.24, 2.45) is 0 Å². The molecule has 2 rings (SSSR count). The Labute approximate surface area is 127 Å². The first kappa shape index (κ1) is 15.5. The Kier molecular flexibility index (Phi) is 5.06. The van der Waals surface area contributed by atoms with Crippen molar-refractivity contribution >= 4 is 17.3 Å². The fourth-order valence-electron chi connectivity index (χ4n) is 2.04. The number of nitro benzene ring substituents is 1. The van der Waals surface area contributed by atoms with Gasteiger partial charge in [0, 0.05) is 50.2 Å². The number of nitrogens with zero attached hydrogens (tertiary/aromatic N) is 3. The number of nitrogens with one attached hydrogen (secondary N) is 2. The van der Waals surface area contributed by atoms with Gasteiger partial charge in [-0.25, -0.2) is 0 Å². The zero-order valence-electron chi connectivity index (χ0n) is 11.8. The van der Waals surface area contributed by atoms with Crippen LogP contribution in [0.3, 0.4) is 0 Å². The van der Waals surface area contributed by atoms with E-state index in [0.717, 1.165) is 0 Å². The first-order valence-electron chi connectivity index (χ1n) is 6.73. The predicted octanol–water partition coefficient (Wildman–Crippen LogP) is 0.846. The molecule has 1 heterocycles. The molecule has 1 aliphatic rings. The number of nitro groups is 1. The van der Waals surface area contributed by atoms with Gasteiger partial charge in [-0.2, -0.15) is 5.26 Å². The summed E-state index contributed by atoms with van der Waals surface area (Å²) in [4.78, 5) is 24.0. The molecule has 0 aliphatic carbocycles. The summed E-state index contributed by atoms with van der Waals surface area (Å²) >= 11 is 0. The van der Waals surface area contributed by atoms with Crippen LogP contribution in [0.1, 0.15) is 0 Å². The first-order valence-corrected chi connectivity index (χ1v) is 6.73. The Morgan fingerprint density at radius 1 is 1.45 bits per heavy atom. The second-order valence-corrected chi connectivity index (χ2v) is 4.66. The molecular weight excluding hydrogens is 286 g/mol. The molecule has 1 aliphatic heterocycles. The van der Waals surface area contributed by atoms with E-state index in [1.807, 2.05) is 6.07 Å². The Hall–Kier alpha value is -2.92. The van der Waals surface area contributed by atoms with Crippen molar-refractivity contribution in [3.63, 3.8) is 0 Å². The molecule has 8 nitrogen and oxygen atoms in total. The molecule has 114 valence electrons. The van der Waals surface area contributed by atoms with E-state index in [1.165, 1.54) is 24.4 Å². The number of benzene rings is 1. The normalized spacial score (nSPS) is 15.0. The van der Waals surface area contributed by atoms with Crippen LogP contribution in [0, 0.1) is 21.4 Å². The molecule has 0 radical (unpaired) electrons. The van der Waals surface area contributed by atoms with Gasteiger partial charge in [-0.1, -0.05) is 6.07 Å². The highest BCUT2D eigenvalue weighted by molar-refractivity contribution is 5.97. The van der Waals surface area contributed by atoms with Crippen LogP contribution < -0.4 is 10.6 Å². The maximum absolute atomic E-state index is 12.2. The number of anilines is 1. The lowest BCUT2D eigenvalue weighted by Crippen LogP contribution is -2.46. The van der Waals surface area contributed by atoms with Crippen molar-refractivity contribution in [2.45, 2.75) is 0 Å². The molecule has 0 unspecified atom stereocenters. The van der Waals surface area contributed by atoms with Crippen molar-refractivity contribution in [2.75, 3.05) is 31.5 Å². The lowest BCUT2D eigenvalue weighted by atomic mass is 10.2. The molecule has 1 amide bonds. The van der Waals surface area contributed by atoms with Gasteiger partial charge in [0.1, 0.15) is 11.6 Å². The van der Waals surface area contributed by atoms with Gasteiger partial charge in [0.2, 0.25) is 0 Å². The maximum Gasteiger partial charge on any atom is 0.271 e. The molecule has 2 N–H and O–H groups in total. The molecule has 8 heteroatoms. The molecule has 0 aromatic heterocycles. The SMILES string of the molecule is N#C/C(=C/Nc1cccc([N+](=O)[O-])c1)C(=O)N1CCNCC1. The highest BCUT2D eigenvalue weighted by atomic mass is 16.6. The second-order valence-electron chi connectivity index (χ2n) is 4.66. The number of hydrogen-bond acceptors (Lipinski definition) is 6. The van der Waals surface area contributed by atoms with Gasteiger partial charge in [0.25, 0.3) is 11.6 Å². The van der Waals surface area contributed by atoms with Gasteiger partial charge < -0.3 is 15.5 Å². The fraction of sp³-hybridized carbons (Fsp3) is 0.286. The lowest BCUT2D eigenvalue weighted by Gasteiger charge is -2.27. The monoisotopic (exact) mass is 301 g/mol. The van der Waals surface area contributed by atoms with Gasteiger partial charge in [0.15, 0.2) is 0 Å². The van der Waals surface area contributed by atoms with Crippen molar-refractivity contribution in [3.05, 3.63) is 46.2 Å². The number of rotatable bonds is 4. The summed E-state index contributed by atoms with van der Waals surface area (Å²) in [5.74, 6) is -0.345. The van der Waals surface area contributed by atoms with E-state index in [0.29, 0.717) is 31.9 Å². The molecule has 1 fully saturated rings. The molecule has 0 saturated carbocycles. The Morgan fingerprint density at radius 2 is 2.18 bits per heavy atom. The summed E-state index contributed by atoms with van der Waals surface area (Å²) in [6.45, 7) is 2.49. The third kappa shape index (κ3) is 3.80. The minimum absolute atomic E-state index is 0.0339. The fourth-order valence-corrected chi connectivity index (χ4v) is 2.04. The zero-order valence-corrected chi connectivity index (χ0v) is 11.8. The highest BCUT2D eigenvalue weighted by Gasteiger charge is 2.19. The van der Waals surface area contributed by atoms with E-state index in [-0.39, 0.29) is 17.2 Å². The maximum atomic E-state index is 12.2. The van der Waals surface area contributed by atoms with E-state index < -0.39 is 4.92 Å². The van der Waals surface area contributed by atoms with Crippen molar-refractivity contribution in [1.29, 1.82) is 5.26 Å². The largest absolute Gasteiger partial charge is 0.360 e. The van der Waals surface area contributed by atoms with E-state index in [2.05, 4.69) is 10.6 Å². The van der Waals surface area contributed by atoms with Crippen LogP contribution in [0.5, 0.6) is 0 Å². The number of piperazine rings is 1. The topological polar surface area (TPSA) is 111 Å². The third-order valence-electron chi connectivity index (χ3n) is 3.20. The molecule has 0 atom stereocenters. The highest BCUT2D eigenvalue weighted by Crippen LogP contribution is 2.17. The smallest absolute Gasteiger partial charge is 0.271 e. The molecule has 0 spiro atoms. The van der Waals surface area contributed by atoms with E-state index in [4.69, 9.17) is 5.26 Å². The summed E-state index contributed by atoms with van der Waals surface area (Å²) in [5.41, 5.74) is 0.341. The molecular formula is C14H15N5O3. The van der Waals surface area contributed by atoms with E-state index in [1.54, 1.807) is 11.0 Å². The quantitative estimate of drug-likeness (QED) is 0.369. The molecule has 22 heavy (non-hydrogen) atoms. The van der Waals surface area contributed by atoms with Crippen molar-refractivity contribution in [1.82, 2.24) is 10.2 Å². The van der Waals surface area contributed by atoms with Gasteiger partial charge in [0.05, 0.1) is 4.92 Å². The van der Waals surface area contributed by atoms with Crippen LogP contribution >= 0.6 is 0 Å². The summed E-state index contributed by atoms with van der Waals surface area (Å²) in [7, 11) is 0. The third-order valence-corrected chi connectivity index (χ3v) is 3.20. The predicted molar refractivity (Wildman–Crippen MR) is 79.9 cm³/mol. The minimum Gasteiger partial charge on any atom is -0.360 e. The van der Waals surface area contributed by atoms with Crippen LogP contribution in [0.25, 0.3) is 0 Å². The summed E-state index contributed by atoms with van der Waals surface area (Å²) in [6, 6.07) is 7.71. The average Bonchev–Trinajstić information content (AvgIpc) is 2.56. The average molecular weight is 301 g/mol. The van der Waals surface area contributed by atoms with Crippen LogP contribution in [0.4, 0.5) is 11.4 Å². The minimum atomic E-state index is -0.508. The zero-order chi connectivity index (χ0) is 15.9. The number of carbonyl (C=O) groups is 1. The Balaban J connectivity index is 2.09. The van der Waals surface area contributed by atoms with Gasteiger partial charge in [-0.05, 0) is 6.07 Å². The van der Waals surface area contributed by atoms with Crippen LogP contribution in [-0.4, -0.2) is 41.9 Å². The molecule has 1 aromatic carbocycles. The van der Waals surface area contributed by atoms with Crippen molar-refractivity contribution < 1.29 is 9.72 Å². The van der Waals surface area contributed by atoms with Gasteiger partial charge in [-0.3, -0.25) is 14.9 Å². The number of amides is 1. The molecule has 1 aromatic rings. The van der Waals surface area contributed by atoms with Crippen molar-refractivity contribution in [3.8, 4) is 6.07 Å². The summed E-state index contributed by atoms with van der Waals surface area (Å²) in [6.07, 6.45) is 1.28.